The molecule has 5 heteroatoms. The van der Waals surface area contributed by atoms with Gasteiger partial charge in [0, 0.05) is 12.5 Å². The van der Waals surface area contributed by atoms with E-state index in [1.807, 2.05) is 0 Å². The zero-order chi connectivity index (χ0) is 19.4. The van der Waals surface area contributed by atoms with Gasteiger partial charge in [-0.1, -0.05) is 58.3 Å². The standard InChI is InChI=1S/C21H34O5/c1-5-6-7-8-9-10-11-12-13-14-16(22)19-17(24-2)15-18(25-3)21(26-4)20(19)23/h15,23H,5-14H2,1-4H3. The third-order valence-electron chi connectivity index (χ3n) is 4.61. The van der Waals surface area contributed by atoms with Crippen LogP contribution in [0.25, 0.3) is 0 Å². The summed E-state index contributed by atoms with van der Waals surface area (Å²) in [5.74, 6) is 0.444. The number of Topliss-reactive ketones (excluding diaryl/α,β-unsaturated/α-hetero) is 1. The van der Waals surface area contributed by atoms with Gasteiger partial charge in [0.25, 0.3) is 0 Å². The number of carbonyl (C=O) groups excluding carboxylic acids is 1. The highest BCUT2D eigenvalue weighted by molar-refractivity contribution is 6.02. The summed E-state index contributed by atoms with van der Waals surface area (Å²) < 4.78 is 15.6. The molecule has 0 atom stereocenters. The molecule has 0 aromatic heterocycles. The fourth-order valence-electron chi connectivity index (χ4n) is 3.10. The van der Waals surface area contributed by atoms with Crippen molar-refractivity contribution in [3.05, 3.63) is 11.6 Å². The van der Waals surface area contributed by atoms with Crippen LogP contribution in [0.1, 0.15) is 81.5 Å². The van der Waals surface area contributed by atoms with E-state index in [1.54, 1.807) is 6.07 Å². The molecule has 148 valence electrons. The first kappa shape index (κ1) is 22.1. The molecule has 0 saturated heterocycles. The van der Waals surface area contributed by atoms with Gasteiger partial charge in [0.05, 0.1) is 21.3 Å². The van der Waals surface area contributed by atoms with Gasteiger partial charge in [-0.15, -0.1) is 0 Å². The molecule has 0 amide bonds. The first-order valence-corrected chi connectivity index (χ1v) is 9.65. The highest BCUT2D eigenvalue weighted by Crippen LogP contribution is 2.44. The molecule has 0 spiro atoms. The number of phenolic OH excluding ortho intramolecular Hbond substituents is 1. The Labute approximate surface area is 157 Å². The maximum atomic E-state index is 12.6. The van der Waals surface area contributed by atoms with Crippen LogP contribution >= 0.6 is 0 Å². The molecule has 0 bridgehead atoms. The van der Waals surface area contributed by atoms with Crippen molar-refractivity contribution in [2.75, 3.05) is 21.3 Å². The van der Waals surface area contributed by atoms with Gasteiger partial charge in [0.1, 0.15) is 11.3 Å². The summed E-state index contributed by atoms with van der Waals surface area (Å²) in [6, 6.07) is 1.57. The van der Waals surface area contributed by atoms with Gasteiger partial charge in [-0.25, -0.2) is 0 Å². The van der Waals surface area contributed by atoms with E-state index in [-0.39, 0.29) is 22.8 Å². The van der Waals surface area contributed by atoms with Crippen molar-refractivity contribution in [2.24, 2.45) is 0 Å². The largest absolute Gasteiger partial charge is 0.504 e. The van der Waals surface area contributed by atoms with Gasteiger partial charge in [0.15, 0.2) is 17.3 Å². The van der Waals surface area contributed by atoms with Crippen molar-refractivity contribution in [1.82, 2.24) is 0 Å². The molecule has 1 aromatic rings. The molecule has 26 heavy (non-hydrogen) atoms. The Balaban J connectivity index is 2.54. The number of hydrogen-bond donors (Lipinski definition) is 1. The number of methoxy groups -OCH3 is 3. The molecule has 0 radical (unpaired) electrons. The third-order valence-corrected chi connectivity index (χ3v) is 4.61. The zero-order valence-corrected chi connectivity index (χ0v) is 16.7. The Bertz CT molecular complexity index is 554. The van der Waals surface area contributed by atoms with Gasteiger partial charge in [-0.2, -0.15) is 0 Å². The number of rotatable bonds is 14. The number of phenols is 1. The van der Waals surface area contributed by atoms with Gasteiger partial charge < -0.3 is 19.3 Å². The predicted octanol–water partition coefficient (Wildman–Crippen LogP) is 5.52. The van der Waals surface area contributed by atoms with Crippen LogP contribution in [0.3, 0.4) is 0 Å². The molecule has 0 heterocycles. The highest BCUT2D eigenvalue weighted by atomic mass is 16.5. The van der Waals surface area contributed by atoms with Gasteiger partial charge in [-0.3, -0.25) is 4.79 Å². The minimum atomic E-state index is -0.218. The molecule has 0 aliphatic rings. The summed E-state index contributed by atoms with van der Waals surface area (Å²) in [4.78, 5) is 12.6. The lowest BCUT2D eigenvalue weighted by Crippen LogP contribution is -2.05. The Kier molecular flexibility index (Phi) is 10.6. The van der Waals surface area contributed by atoms with Crippen LogP contribution in [0.15, 0.2) is 6.07 Å². The van der Waals surface area contributed by atoms with Crippen LogP contribution in [0.5, 0.6) is 23.0 Å². The van der Waals surface area contributed by atoms with Crippen molar-refractivity contribution in [3.63, 3.8) is 0 Å². The fourth-order valence-corrected chi connectivity index (χ4v) is 3.10. The molecule has 1 N–H and O–H groups in total. The van der Waals surface area contributed by atoms with E-state index in [0.29, 0.717) is 17.9 Å². The number of carbonyl (C=O) groups is 1. The lowest BCUT2D eigenvalue weighted by molar-refractivity contribution is 0.0972. The van der Waals surface area contributed by atoms with E-state index >= 15 is 0 Å². The van der Waals surface area contributed by atoms with Crippen LogP contribution in [-0.4, -0.2) is 32.2 Å². The Morgan fingerprint density at radius 2 is 1.38 bits per heavy atom. The van der Waals surface area contributed by atoms with E-state index in [2.05, 4.69) is 6.92 Å². The van der Waals surface area contributed by atoms with Gasteiger partial charge in [0.2, 0.25) is 5.75 Å². The molecule has 0 unspecified atom stereocenters. The lowest BCUT2D eigenvalue weighted by Gasteiger charge is -2.15. The van der Waals surface area contributed by atoms with Crippen molar-refractivity contribution >= 4 is 5.78 Å². The zero-order valence-electron chi connectivity index (χ0n) is 16.7. The molecule has 5 nitrogen and oxygen atoms in total. The van der Waals surface area contributed by atoms with Crippen molar-refractivity contribution in [1.29, 1.82) is 0 Å². The predicted molar refractivity (Wildman–Crippen MR) is 104 cm³/mol. The van der Waals surface area contributed by atoms with Crippen molar-refractivity contribution in [3.8, 4) is 23.0 Å². The number of hydrogen-bond acceptors (Lipinski definition) is 5. The van der Waals surface area contributed by atoms with Crippen LogP contribution < -0.4 is 14.2 Å². The second-order valence-corrected chi connectivity index (χ2v) is 6.54. The minimum Gasteiger partial charge on any atom is -0.504 e. The van der Waals surface area contributed by atoms with Crippen LogP contribution in [0.2, 0.25) is 0 Å². The molecular weight excluding hydrogens is 332 g/mol. The van der Waals surface area contributed by atoms with Crippen LogP contribution in [0.4, 0.5) is 0 Å². The first-order chi connectivity index (χ1) is 12.6. The monoisotopic (exact) mass is 366 g/mol. The number of ether oxygens (including phenoxy) is 3. The fraction of sp³-hybridized carbons (Fsp3) is 0.667. The SMILES string of the molecule is CCCCCCCCCCCC(=O)c1c(OC)cc(OC)c(OC)c1O. The average molecular weight is 366 g/mol. The molecule has 0 saturated carbocycles. The molecule has 0 fully saturated rings. The van der Waals surface area contributed by atoms with E-state index in [9.17, 15) is 9.90 Å². The maximum Gasteiger partial charge on any atom is 0.204 e. The first-order valence-electron chi connectivity index (χ1n) is 9.65. The average Bonchev–Trinajstić information content (AvgIpc) is 2.65. The smallest absolute Gasteiger partial charge is 0.204 e. The summed E-state index contributed by atoms with van der Waals surface area (Å²) >= 11 is 0. The number of benzene rings is 1. The van der Waals surface area contributed by atoms with Crippen LogP contribution in [0, 0.1) is 0 Å². The summed E-state index contributed by atoms with van der Waals surface area (Å²) in [6.07, 6.45) is 11.1. The summed E-state index contributed by atoms with van der Waals surface area (Å²) in [7, 11) is 4.37. The normalized spacial score (nSPS) is 10.6. The molecule has 0 aliphatic heterocycles. The lowest BCUT2D eigenvalue weighted by atomic mass is 10.0. The number of ketones is 1. The number of aromatic hydroxyl groups is 1. The minimum absolute atomic E-state index is 0.136. The molecule has 1 aromatic carbocycles. The maximum absolute atomic E-state index is 12.6. The second-order valence-electron chi connectivity index (χ2n) is 6.54. The molecule has 1 rings (SSSR count). The quantitative estimate of drug-likeness (QED) is 0.347. The Hall–Kier alpha value is -1.91. The Morgan fingerprint density at radius 1 is 0.846 bits per heavy atom. The summed E-state index contributed by atoms with van der Waals surface area (Å²) in [5, 5.41) is 10.4. The van der Waals surface area contributed by atoms with Crippen molar-refractivity contribution in [2.45, 2.75) is 71.1 Å². The molecular formula is C21H34O5. The van der Waals surface area contributed by atoms with E-state index in [0.717, 1.165) is 19.3 Å². The van der Waals surface area contributed by atoms with Gasteiger partial charge >= 0.3 is 0 Å². The highest BCUT2D eigenvalue weighted by Gasteiger charge is 2.24. The third kappa shape index (κ3) is 6.43. The van der Waals surface area contributed by atoms with Crippen LogP contribution in [-0.2, 0) is 0 Å². The summed E-state index contributed by atoms with van der Waals surface area (Å²) in [6.45, 7) is 2.22. The topological polar surface area (TPSA) is 65.0 Å². The number of unbranched alkanes of at least 4 members (excludes halogenated alkanes) is 8. The van der Waals surface area contributed by atoms with Crippen molar-refractivity contribution < 1.29 is 24.1 Å². The van der Waals surface area contributed by atoms with E-state index < -0.39 is 0 Å². The molecule has 0 aliphatic carbocycles. The summed E-state index contributed by atoms with van der Waals surface area (Å²) in [5.41, 5.74) is 0.171. The van der Waals surface area contributed by atoms with E-state index in [4.69, 9.17) is 14.2 Å². The second kappa shape index (κ2) is 12.4. The van der Waals surface area contributed by atoms with Gasteiger partial charge in [-0.05, 0) is 6.42 Å². The van der Waals surface area contributed by atoms with E-state index in [1.165, 1.54) is 59.9 Å². The Morgan fingerprint density at radius 3 is 1.88 bits per heavy atom.